The second-order valence-electron chi connectivity index (χ2n) is 0.812. The van der Waals surface area contributed by atoms with E-state index in [1.54, 1.807) is 0 Å². The normalized spacial score (nSPS) is 10.4. The van der Waals surface area contributed by atoms with Crippen LogP contribution >= 0.6 is 5.69 Å². The Morgan fingerprint density at radius 3 is 1.62 bits per heavy atom. The summed E-state index contributed by atoms with van der Waals surface area (Å²) in [5.41, 5.74) is -2.24. The third-order valence-electron chi connectivity index (χ3n) is 0.447. The molecular weight excluding hydrogens is 190 g/mol. The molecule has 0 unspecified atom stereocenters. The second kappa shape index (κ2) is 6.28. The maximum atomic E-state index is 4.63. The van der Waals surface area contributed by atoms with Gasteiger partial charge in [-0.1, -0.05) is 11.8 Å². The van der Waals surface area contributed by atoms with E-state index in [2.05, 4.69) is 33.1 Å². The van der Waals surface area contributed by atoms with Crippen molar-refractivity contribution >= 4 is 29.7 Å². The van der Waals surface area contributed by atoms with Crippen LogP contribution in [0, 0.1) is 0 Å². The van der Waals surface area contributed by atoms with Crippen LogP contribution in [0.2, 0.25) is 0 Å². The standard InChI is InChI=1S/C2H7O2PS2.K/c1-3-5(6,7)4-2;/h1-2H3,(H,6,7);/q;+1/p-1. The largest absolute Gasteiger partial charge is 1.00 e. The van der Waals surface area contributed by atoms with Crippen LogP contribution in [0.4, 0.5) is 0 Å². The molecular formula is C2H6KO2PS2. The molecule has 0 aliphatic heterocycles. The molecule has 0 fully saturated rings. The minimum absolute atomic E-state index is 0. The molecule has 0 saturated heterocycles. The van der Waals surface area contributed by atoms with Crippen molar-refractivity contribution in [2.75, 3.05) is 14.2 Å². The van der Waals surface area contributed by atoms with E-state index in [4.69, 9.17) is 0 Å². The first kappa shape index (κ1) is 13.2. The van der Waals surface area contributed by atoms with Gasteiger partial charge in [0.05, 0.1) is 5.69 Å². The fraction of sp³-hybridized carbons (Fsp3) is 1.00. The van der Waals surface area contributed by atoms with Crippen LogP contribution in [0.15, 0.2) is 0 Å². The van der Waals surface area contributed by atoms with Gasteiger partial charge in [-0.25, -0.2) is 0 Å². The van der Waals surface area contributed by atoms with E-state index >= 15 is 0 Å². The average molecular weight is 196 g/mol. The van der Waals surface area contributed by atoms with Gasteiger partial charge in [0.15, 0.2) is 0 Å². The van der Waals surface area contributed by atoms with Crippen LogP contribution in [0.3, 0.4) is 0 Å². The summed E-state index contributed by atoms with van der Waals surface area (Å²) in [6.07, 6.45) is 0. The summed E-state index contributed by atoms with van der Waals surface area (Å²) < 4.78 is 9.21. The molecule has 0 radical (unpaired) electrons. The van der Waals surface area contributed by atoms with Gasteiger partial charge in [0, 0.05) is 14.2 Å². The Bertz CT molecular complexity index is 90.0. The second-order valence-corrected chi connectivity index (χ2v) is 6.01. The molecule has 0 bridgehead atoms. The zero-order valence-electron chi connectivity index (χ0n) is 5.08. The van der Waals surface area contributed by atoms with E-state index in [1.165, 1.54) is 14.2 Å². The molecule has 0 aliphatic carbocycles. The zero-order valence-corrected chi connectivity index (χ0v) is 10.7. The zero-order chi connectivity index (χ0) is 5.91. The van der Waals surface area contributed by atoms with Crippen molar-refractivity contribution < 1.29 is 60.4 Å². The summed E-state index contributed by atoms with van der Waals surface area (Å²) in [5.74, 6) is 0. The van der Waals surface area contributed by atoms with Crippen LogP contribution < -0.4 is 51.4 Å². The molecule has 6 heteroatoms. The summed E-state index contributed by atoms with van der Waals surface area (Å²) in [4.78, 5) is 0. The van der Waals surface area contributed by atoms with Crippen molar-refractivity contribution in [3.05, 3.63) is 0 Å². The monoisotopic (exact) mass is 196 g/mol. The third-order valence-corrected chi connectivity index (χ3v) is 3.13. The summed E-state index contributed by atoms with van der Waals surface area (Å²) in [7, 11) is 2.91. The molecule has 0 atom stereocenters. The van der Waals surface area contributed by atoms with E-state index in [-0.39, 0.29) is 51.4 Å². The number of hydrogen-bond acceptors (Lipinski definition) is 4. The Labute approximate surface area is 102 Å². The van der Waals surface area contributed by atoms with Crippen LogP contribution in [0.1, 0.15) is 0 Å². The molecule has 0 aromatic heterocycles. The van der Waals surface area contributed by atoms with E-state index in [0.29, 0.717) is 0 Å². The first-order chi connectivity index (χ1) is 3.12. The fourth-order valence-corrected chi connectivity index (χ4v) is 0.224. The van der Waals surface area contributed by atoms with Crippen LogP contribution in [0.5, 0.6) is 0 Å². The Balaban J connectivity index is 0. The molecule has 0 aromatic carbocycles. The minimum Gasteiger partial charge on any atom is -0.691 e. The molecule has 0 heterocycles. The third kappa shape index (κ3) is 6.67. The van der Waals surface area contributed by atoms with Gasteiger partial charge in [0.2, 0.25) is 0 Å². The Hall–Kier alpha value is 2.56. The van der Waals surface area contributed by atoms with Gasteiger partial charge in [0.25, 0.3) is 0 Å². The van der Waals surface area contributed by atoms with Crippen LogP contribution in [-0.2, 0) is 33.1 Å². The maximum absolute atomic E-state index is 4.63. The Morgan fingerprint density at radius 1 is 1.38 bits per heavy atom. The van der Waals surface area contributed by atoms with E-state index in [0.717, 1.165) is 0 Å². The molecule has 0 N–H and O–H groups in total. The quantitative estimate of drug-likeness (QED) is 0.290. The van der Waals surface area contributed by atoms with Gasteiger partial charge in [-0.3, -0.25) is 0 Å². The van der Waals surface area contributed by atoms with E-state index in [9.17, 15) is 0 Å². The smallest absolute Gasteiger partial charge is 0.691 e. The molecule has 0 aromatic rings. The van der Waals surface area contributed by atoms with Crippen molar-refractivity contribution in [3.8, 4) is 0 Å². The maximum Gasteiger partial charge on any atom is 1.00 e. The van der Waals surface area contributed by atoms with Gasteiger partial charge < -0.3 is 21.3 Å². The van der Waals surface area contributed by atoms with Gasteiger partial charge >= 0.3 is 51.4 Å². The molecule has 44 valence electrons. The summed E-state index contributed by atoms with van der Waals surface area (Å²) >= 11 is 9.25. The molecule has 2 nitrogen and oxygen atoms in total. The van der Waals surface area contributed by atoms with E-state index < -0.39 is 5.69 Å². The number of rotatable bonds is 2. The first-order valence-electron chi connectivity index (χ1n) is 1.55. The fourth-order valence-electron chi connectivity index (χ4n) is 0.0745. The number of hydrogen-bond donors (Lipinski definition) is 0. The van der Waals surface area contributed by atoms with Crippen molar-refractivity contribution in [2.45, 2.75) is 0 Å². The van der Waals surface area contributed by atoms with Crippen molar-refractivity contribution in [2.24, 2.45) is 0 Å². The topological polar surface area (TPSA) is 18.5 Å². The summed E-state index contributed by atoms with van der Waals surface area (Å²) in [6, 6.07) is 0. The summed E-state index contributed by atoms with van der Waals surface area (Å²) in [6.45, 7) is 0. The van der Waals surface area contributed by atoms with E-state index in [1.807, 2.05) is 0 Å². The summed E-state index contributed by atoms with van der Waals surface area (Å²) in [5, 5.41) is 0. The van der Waals surface area contributed by atoms with Crippen molar-refractivity contribution in [1.29, 1.82) is 0 Å². The van der Waals surface area contributed by atoms with Crippen molar-refractivity contribution in [1.82, 2.24) is 0 Å². The molecule has 0 rings (SSSR count). The molecule has 0 spiro atoms. The SMILES string of the molecule is COP(=S)([S-])OC.[K+]. The Morgan fingerprint density at radius 2 is 1.62 bits per heavy atom. The van der Waals surface area contributed by atoms with Crippen molar-refractivity contribution in [3.63, 3.8) is 0 Å². The van der Waals surface area contributed by atoms with Crippen LogP contribution in [-0.4, -0.2) is 14.2 Å². The average Bonchev–Trinajstić information content (AvgIpc) is 1.68. The predicted molar refractivity (Wildman–Crippen MR) is 35.7 cm³/mol. The van der Waals surface area contributed by atoms with Crippen LogP contribution in [0.25, 0.3) is 0 Å². The molecule has 0 amide bonds. The first-order valence-corrected chi connectivity index (χ1v) is 5.20. The van der Waals surface area contributed by atoms with Gasteiger partial charge in [0.1, 0.15) is 0 Å². The molecule has 0 aliphatic rings. The molecule has 0 saturated carbocycles. The minimum atomic E-state index is -2.24. The van der Waals surface area contributed by atoms with Gasteiger partial charge in [-0.05, 0) is 0 Å². The van der Waals surface area contributed by atoms with Gasteiger partial charge in [-0.2, -0.15) is 0 Å². The Kier molecular flexibility index (Phi) is 10.3. The predicted octanol–water partition coefficient (Wildman–Crippen LogP) is -1.95. The van der Waals surface area contributed by atoms with Gasteiger partial charge in [-0.15, -0.1) is 0 Å². The molecule has 8 heavy (non-hydrogen) atoms.